The fourth-order valence-electron chi connectivity index (χ4n) is 2.20. The Balaban J connectivity index is 2.15. The van der Waals surface area contributed by atoms with E-state index >= 15 is 0 Å². The van der Waals surface area contributed by atoms with Gasteiger partial charge in [-0.1, -0.05) is 43.3 Å². The van der Waals surface area contributed by atoms with Gasteiger partial charge in [-0.25, -0.2) is 4.79 Å². The predicted molar refractivity (Wildman–Crippen MR) is 98.6 cm³/mol. The molecular formula is C21H21NO4. The van der Waals surface area contributed by atoms with Gasteiger partial charge in [-0.15, -0.1) is 0 Å². The normalized spacial score (nSPS) is 10.7. The van der Waals surface area contributed by atoms with Crippen molar-refractivity contribution in [2.24, 2.45) is 0 Å². The van der Waals surface area contributed by atoms with Crippen molar-refractivity contribution in [1.29, 1.82) is 5.26 Å². The van der Waals surface area contributed by atoms with E-state index in [9.17, 15) is 10.1 Å². The molecule has 0 bridgehead atoms. The van der Waals surface area contributed by atoms with Gasteiger partial charge in [-0.3, -0.25) is 0 Å². The van der Waals surface area contributed by atoms with Crippen molar-refractivity contribution >= 4 is 12.0 Å². The highest BCUT2D eigenvalue weighted by molar-refractivity contribution is 5.97. The van der Waals surface area contributed by atoms with Crippen LogP contribution in [0.4, 0.5) is 0 Å². The molecule has 0 fully saturated rings. The summed E-state index contributed by atoms with van der Waals surface area (Å²) in [5.74, 6) is 0.479. The topological polar surface area (TPSA) is 68.6 Å². The van der Waals surface area contributed by atoms with Crippen LogP contribution in [0.25, 0.3) is 6.08 Å². The second-order valence-electron chi connectivity index (χ2n) is 5.49. The smallest absolute Gasteiger partial charge is 0.348 e. The van der Waals surface area contributed by atoms with Crippen LogP contribution < -0.4 is 9.47 Å². The van der Waals surface area contributed by atoms with E-state index in [2.05, 4.69) is 0 Å². The number of hydrogen-bond donors (Lipinski definition) is 0. The van der Waals surface area contributed by atoms with Crippen LogP contribution in [0.2, 0.25) is 0 Å². The first-order valence-electron chi connectivity index (χ1n) is 8.31. The zero-order chi connectivity index (χ0) is 18.8. The van der Waals surface area contributed by atoms with E-state index in [0.717, 1.165) is 5.56 Å². The van der Waals surface area contributed by atoms with Gasteiger partial charge in [0.25, 0.3) is 0 Å². The molecule has 0 N–H and O–H groups in total. The zero-order valence-electron chi connectivity index (χ0n) is 14.9. The van der Waals surface area contributed by atoms with Crippen LogP contribution in [0.3, 0.4) is 0 Å². The number of methoxy groups -OCH3 is 1. The average Bonchev–Trinajstić information content (AvgIpc) is 2.69. The average molecular weight is 351 g/mol. The van der Waals surface area contributed by atoms with Crippen LogP contribution in [0, 0.1) is 11.3 Å². The Morgan fingerprint density at radius 3 is 2.58 bits per heavy atom. The third-order valence-electron chi connectivity index (χ3n) is 3.51. The Morgan fingerprint density at radius 1 is 1.15 bits per heavy atom. The fraction of sp³-hybridized carbons (Fsp3) is 0.238. The predicted octanol–water partition coefficient (Wildman–Crippen LogP) is 4.13. The molecule has 0 saturated carbocycles. The molecule has 0 aliphatic carbocycles. The number of carbonyl (C=O) groups excluding carboxylic acids is 1. The Bertz CT molecular complexity index is 807. The first-order valence-corrected chi connectivity index (χ1v) is 8.31. The third-order valence-corrected chi connectivity index (χ3v) is 3.51. The molecule has 2 aromatic carbocycles. The molecule has 0 heterocycles. The lowest BCUT2D eigenvalue weighted by molar-refractivity contribution is -0.138. The van der Waals surface area contributed by atoms with E-state index in [1.165, 1.54) is 6.08 Å². The summed E-state index contributed by atoms with van der Waals surface area (Å²) in [6, 6.07) is 16.9. The highest BCUT2D eigenvalue weighted by Crippen LogP contribution is 2.29. The molecule has 0 aliphatic rings. The summed E-state index contributed by atoms with van der Waals surface area (Å²) in [5.41, 5.74) is 1.64. The minimum atomic E-state index is -0.627. The van der Waals surface area contributed by atoms with Gasteiger partial charge in [0, 0.05) is 0 Å². The number of ether oxygens (including phenoxy) is 3. The van der Waals surface area contributed by atoms with Crippen molar-refractivity contribution in [2.75, 3.05) is 13.7 Å². The van der Waals surface area contributed by atoms with E-state index in [1.807, 2.05) is 43.3 Å². The molecule has 134 valence electrons. The van der Waals surface area contributed by atoms with E-state index in [0.29, 0.717) is 30.1 Å². The van der Waals surface area contributed by atoms with Gasteiger partial charge in [0.2, 0.25) is 0 Å². The quantitative estimate of drug-likeness (QED) is 0.406. The maximum Gasteiger partial charge on any atom is 0.348 e. The molecule has 0 radical (unpaired) electrons. The van der Waals surface area contributed by atoms with Crippen molar-refractivity contribution in [3.8, 4) is 17.6 Å². The summed E-state index contributed by atoms with van der Waals surface area (Å²) in [5, 5.41) is 9.17. The van der Waals surface area contributed by atoms with E-state index in [1.54, 1.807) is 25.3 Å². The molecule has 5 nitrogen and oxygen atoms in total. The van der Waals surface area contributed by atoms with Gasteiger partial charge in [-0.05, 0) is 35.8 Å². The number of nitrogens with zero attached hydrogens (tertiary/aromatic N) is 1. The van der Waals surface area contributed by atoms with Gasteiger partial charge in [-0.2, -0.15) is 5.26 Å². The van der Waals surface area contributed by atoms with Gasteiger partial charge in [0.05, 0.1) is 13.7 Å². The van der Waals surface area contributed by atoms with Crippen LogP contribution >= 0.6 is 0 Å². The van der Waals surface area contributed by atoms with Crippen LogP contribution in [0.15, 0.2) is 54.1 Å². The van der Waals surface area contributed by atoms with Gasteiger partial charge < -0.3 is 14.2 Å². The summed E-state index contributed by atoms with van der Waals surface area (Å²) in [4.78, 5) is 11.8. The van der Waals surface area contributed by atoms with Crippen molar-refractivity contribution < 1.29 is 19.0 Å². The zero-order valence-corrected chi connectivity index (χ0v) is 14.9. The van der Waals surface area contributed by atoms with Crippen molar-refractivity contribution in [3.05, 3.63) is 65.2 Å². The SMILES string of the molecule is CCCOC(=O)C(C#N)=Cc1ccc(OCc2ccccc2)c(OC)c1. The molecule has 0 saturated heterocycles. The van der Waals surface area contributed by atoms with Gasteiger partial charge >= 0.3 is 5.97 Å². The Labute approximate surface area is 153 Å². The fourth-order valence-corrected chi connectivity index (χ4v) is 2.20. The van der Waals surface area contributed by atoms with Gasteiger partial charge in [0.15, 0.2) is 11.5 Å². The molecule has 0 atom stereocenters. The summed E-state index contributed by atoms with van der Waals surface area (Å²) >= 11 is 0. The summed E-state index contributed by atoms with van der Waals surface area (Å²) in [7, 11) is 1.54. The minimum absolute atomic E-state index is 0.0570. The van der Waals surface area contributed by atoms with Crippen LogP contribution in [-0.2, 0) is 16.1 Å². The van der Waals surface area contributed by atoms with E-state index in [4.69, 9.17) is 14.2 Å². The van der Waals surface area contributed by atoms with Crippen molar-refractivity contribution in [3.63, 3.8) is 0 Å². The molecule has 0 spiro atoms. The highest BCUT2D eigenvalue weighted by atomic mass is 16.5. The number of benzene rings is 2. The third kappa shape index (κ3) is 5.38. The molecule has 5 heteroatoms. The molecule has 0 amide bonds. The molecule has 0 aromatic heterocycles. The maximum absolute atomic E-state index is 11.8. The largest absolute Gasteiger partial charge is 0.493 e. The molecule has 0 aliphatic heterocycles. The first-order chi connectivity index (χ1) is 12.7. The summed E-state index contributed by atoms with van der Waals surface area (Å²) < 4.78 is 16.2. The molecule has 26 heavy (non-hydrogen) atoms. The monoisotopic (exact) mass is 351 g/mol. The van der Waals surface area contributed by atoms with Crippen LogP contribution in [-0.4, -0.2) is 19.7 Å². The molecule has 2 aromatic rings. The van der Waals surface area contributed by atoms with E-state index < -0.39 is 5.97 Å². The Hall–Kier alpha value is -3.26. The molecular weight excluding hydrogens is 330 g/mol. The Morgan fingerprint density at radius 2 is 1.92 bits per heavy atom. The summed E-state index contributed by atoms with van der Waals surface area (Å²) in [6.07, 6.45) is 2.17. The first kappa shape index (κ1) is 19.1. The Kier molecular flexibility index (Phi) is 7.26. The summed E-state index contributed by atoms with van der Waals surface area (Å²) in [6.45, 7) is 2.59. The standard InChI is InChI=1S/C21H21NO4/c1-3-11-25-21(23)18(14-22)12-17-9-10-19(20(13-17)24-2)26-15-16-7-5-4-6-8-16/h4-10,12-13H,3,11,15H2,1-2H3. The second-order valence-corrected chi connectivity index (χ2v) is 5.49. The lowest BCUT2D eigenvalue weighted by Gasteiger charge is -2.11. The maximum atomic E-state index is 11.8. The van der Waals surface area contributed by atoms with Gasteiger partial charge in [0.1, 0.15) is 18.2 Å². The number of carbonyl (C=O) groups is 1. The van der Waals surface area contributed by atoms with Crippen LogP contribution in [0.1, 0.15) is 24.5 Å². The van der Waals surface area contributed by atoms with Crippen LogP contribution in [0.5, 0.6) is 11.5 Å². The number of nitriles is 1. The highest BCUT2D eigenvalue weighted by Gasteiger charge is 2.12. The lowest BCUT2D eigenvalue weighted by atomic mass is 10.1. The molecule has 2 rings (SSSR count). The van der Waals surface area contributed by atoms with Crippen molar-refractivity contribution in [2.45, 2.75) is 20.0 Å². The second kappa shape index (κ2) is 9.90. The number of hydrogen-bond acceptors (Lipinski definition) is 5. The molecule has 0 unspecified atom stereocenters. The minimum Gasteiger partial charge on any atom is -0.493 e. The lowest BCUT2D eigenvalue weighted by Crippen LogP contribution is -2.07. The number of rotatable bonds is 8. The number of esters is 1. The van der Waals surface area contributed by atoms with Crippen molar-refractivity contribution in [1.82, 2.24) is 0 Å². The van der Waals surface area contributed by atoms with E-state index in [-0.39, 0.29) is 12.2 Å².